The fourth-order valence-corrected chi connectivity index (χ4v) is 3.80. The Morgan fingerprint density at radius 2 is 2.11 bits per heavy atom. The second-order valence-electron chi connectivity index (χ2n) is 5.81. The Kier molecular flexibility index (Phi) is 4.08. The average molecular weight is 280 g/mol. The smallest absolute Gasteiger partial charge is 0.411 e. The van der Waals surface area contributed by atoms with Crippen molar-refractivity contribution < 1.29 is 27.8 Å². The zero-order valence-electron chi connectivity index (χ0n) is 10.7. The molecule has 3 atom stereocenters. The van der Waals surface area contributed by atoms with Crippen LogP contribution in [-0.4, -0.2) is 30.5 Å². The molecule has 2 rings (SSSR count). The molecule has 19 heavy (non-hydrogen) atoms. The lowest BCUT2D eigenvalue weighted by molar-refractivity contribution is -0.175. The van der Waals surface area contributed by atoms with Crippen LogP contribution in [0.2, 0.25) is 0 Å². The van der Waals surface area contributed by atoms with Crippen molar-refractivity contribution in [1.29, 1.82) is 0 Å². The number of halogens is 3. The topological polar surface area (TPSA) is 46.5 Å². The van der Waals surface area contributed by atoms with Gasteiger partial charge in [-0.3, -0.25) is 4.79 Å². The Hall–Kier alpha value is -0.780. The highest BCUT2D eigenvalue weighted by Crippen LogP contribution is 2.58. The largest absolute Gasteiger partial charge is 0.481 e. The first-order valence-corrected chi connectivity index (χ1v) is 6.71. The molecule has 6 heteroatoms. The molecule has 110 valence electrons. The van der Waals surface area contributed by atoms with Gasteiger partial charge in [-0.05, 0) is 43.9 Å². The third kappa shape index (κ3) is 3.22. The lowest BCUT2D eigenvalue weighted by Crippen LogP contribution is -2.36. The zero-order valence-corrected chi connectivity index (χ0v) is 10.7. The molecule has 0 aromatic rings. The van der Waals surface area contributed by atoms with E-state index in [1.165, 1.54) is 0 Å². The van der Waals surface area contributed by atoms with Crippen LogP contribution in [0.4, 0.5) is 13.2 Å². The van der Waals surface area contributed by atoms with Crippen LogP contribution in [0.1, 0.15) is 38.5 Å². The third-order valence-corrected chi connectivity index (χ3v) is 4.58. The first-order chi connectivity index (χ1) is 8.83. The maximum absolute atomic E-state index is 11.9. The van der Waals surface area contributed by atoms with Gasteiger partial charge in [0.15, 0.2) is 0 Å². The highest BCUT2D eigenvalue weighted by atomic mass is 19.4. The molecule has 2 bridgehead atoms. The fraction of sp³-hybridized carbons (Fsp3) is 0.923. The van der Waals surface area contributed by atoms with Crippen molar-refractivity contribution in [3.8, 4) is 0 Å². The van der Waals surface area contributed by atoms with E-state index in [9.17, 15) is 23.1 Å². The standard InChI is InChI=1S/C13H19F3O3/c14-13(15,16)8-19-5-1-4-12(11(17)18)7-9-2-3-10(12)6-9/h9-10H,1-8H2,(H,17,18). The van der Waals surface area contributed by atoms with Gasteiger partial charge >= 0.3 is 12.1 Å². The summed E-state index contributed by atoms with van der Waals surface area (Å²) in [6.45, 7) is -1.27. The normalized spacial score (nSPS) is 33.8. The second kappa shape index (κ2) is 5.31. The lowest BCUT2D eigenvalue weighted by Gasteiger charge is -2.33. The van der Waals surface area contributed by atoms with E-state index in [1.807, 2.05) is 0 Å². The summed E-state index contributed by atoms with van der Waals surface area (Å²) in [6, 6.07) is 0. The Bertz CT molecular complexity index is 343. The van der Waals surface area contributed by atoms with Gasteiger partial charge in [0, 0.05) is 6.61 Å². The SMILES string of the molecule is O=C(O)C1(CCCOCC(F)(F)F)CC2CCC1C2. The number of ether oxygens (including phenoxy) is 1. The maximum atomic E-state index is 11.9. The molecule has 0 heterocycles. The second-order valence-corrected chi connectivity index (χ2v) is 5.81. The molecule has 0 spiro atoms. The molecule has 2 saturated carbocycles. The number of fused-ring (bicyclic) bond motifs is 2. The van der Waals surface area contributed by atoms with Gasteiger partial charge in [-0.2, -0.15) is 13.2 Å². The summed E-state index contributed by atoms with van der Waals surface area (Å²) in [7, 11) is 0. The number of carboxylic acids is 1. The number of carboxylic acid groups (broad SMARTS) is 1. The minimum Gasteiger partial charge on any atom is -0.481 e. The molecule has 0 aromatic carbocycles. The number of alkyl halides is 3. The summed E-state index contributed by atoms with van der Waals surface area (Å²) in [4.78, 5) is 11.5. The van der Waals surface area contributed by atoms with Crippen molar-refractivity contribution >= 4 is 5.97 Å². The Labute approximate surface area is 110 Å². The van der Waals surface area contributed by atoms with Gasteiger partial charge in [0.1, 0.15) is 6.61 Å². The Morgan fingerprint density at radius 1 is 1.37 bits per heavy atom. The average Bonchev–Trinajstić information content (AvgIpc) is 2.87. The summed E-state index contributed by atoms with van der Waals surface area (Å²) in [5, 5.41) is 9.45. The molecule has 2 aliphatic carbocycles. The molecule has 2 aliphatic rings. The summed E-state index contributed by atoms with van der Waals surface area (Å²) >= 11 is 0. The first kappa shape index (κ1) is 14.6. The summed E-state index contributed by atoms with van der Waals surface area (Å²) < 4.78 is 40.2. The predicted octanol–water partition coefficient (Wildman–Crippen LogP) is 3.24. The van der Waals surface area contributed by atoms with Gasteiger partial charge in [-0.1, -0.05) is 6.42 Å². The van der Waals surface area contributed by atoms with Crippen molar-refractivity contribution in [3.63, 3.8) is 0 Å². The molecule has 3 nitrogen and oxygen atoms in total. The Balaban J connectivity index is 1.78. The molecule has 2 fully saturated rings. The minimum absolute atomic E-state index is 0.0219. The minimum atomic E-state index is -4.31. The number of rotatable bonds is 6. The van der Waals surface area contributed by atoms with Crippen LogP contribution in [0.3, 0.4) is 0 Å². The predicted molar refractivity (Wildman–Crippen MR) is 61.6 cm³/mol. The van der Waals surface area contributed by atoms with E-state index in [-0.39, 0.29) is 12.5 Å². The van der Waals surface area contributed by atoms with E-state index in [0.717, 1.165) is 19.3 Å². The third-order valence-electron chi connectivity index (χ3n) is 4.58. The number of hydrogen-bond acceptors (Lipinski definition) is 2. The van der Waals surface area contributed by atoms with Gasteiger partial charge in [-0.25, -0.2) is 0 Å². The van der Waals surface area contributed by atoms with Crippen LogP contribution in [0.25, 0.3) is 0 Å². The van der Waals surface area contributed by atoms with Gasteiger partial charge in [0.05, 0.1) is 5.41 Å². The molecular formula is C13H19F3O3. The first-order valence-electron chi connectivity index (χ1n) is 6.71. The molecular weight excluding hydrogens is 261 g/mol. The van der Waals surface area contributed by atoms with Crippen LogP contribution in [0.15, 0.2) is 0 Å². The van der Waals surface area contributed by atoms with Gasteiger partial charge in [0.2, 0.25) is 0 Å². The van der Waals surface area contributed by atoms with Crippen molar-refractivity contribution in [1.82, 2.24) is 0 Å². The van der Waals surface area contributed by atoms with Crippen molar-refractivity contribution in [2.24, 2.45) is 17.3 Å². The number of hydrogen-bond donors (Lipinski definition) is 1. The van der Waals surface area contributed by atoms with Gasteiger partial charge < -0.3 is 9.84 Å². The zero-order chi connectivity index (χ0) is 14.1. The van der Waals surface area contributed by atoms with Crippen molar-refractivity contribution in [2.45, 2.75) is 44.7 Å². The van der Waals surface area contributed by atoms with E-state index in [1.54, 1.807) is 0 Å². The van der Waals surface area contributed by atoms with Crippen molar-refractivity contribution in [2.75, 3.05) is 13.2 Å². The lowest BCUT2D eigenvalue weighted by atomic mass is 9.70. The quantitative estimate of drug-likeness (QED) is 0.760. The van der Waals surface area contributed by atoms with Crippen LogP contribution >= 0.6 is 0 Å². The molecule has 0 aromatic heterocycles. The molecule has 0 radical (unpaired) electrons. The van der Waals surface area contributed by atoms with Crippen LogP contribution < -0.4 is 0 Å². The Morgan fingerprint density at radius 3 is 2.58 bits per heavy atom. The van der Waals surface area contributed by atoms with E-state index < -0.39 is 24.2 Å². The highest BCUT2D eigenvalue weighted by molar-refractivity contribution is 5.75. The summed E-state index contributed by atoms with van der Waals surface area (Å²) in [5.74, 6) is -0.0784. The highest BCUT2D eigenvalue weighted by Gasteiger charge is 2.55. The van der Waals surface area contributed by atoms with E-state index in [4.69, 9.17) is 0 Å². The van der Waals surface area contributed by atoms with E-state index in [0.29, 0.717) is 25.2 Å². The number of carbonyl (C=O) groups is 1. The van der Waals surface area contributed by atoms with Gasteiger partial charge in [-0.15, -0.1) is 0 Å². The molecule has 3 unspecified atom stereocenters. The molecule has 1 N–H and O–H groups in total. The van der Waals surface area contributed by atoms with Crippen LogP contribution in [-0.2, 0) is 9.53 Å². The van der Waals surface area contributed by atoms with Crippen LogP contribution in [0, 0.1) is 17.3 Å². The monoisotopic (exact) mass is 280 g/mol. The summed E-state index contributed by atoms with van der Waals surface area (Å²) in [5.41, 5.74) is -0.704. The fourth-order valence-electron chi connectivity index (χ4n) is 3.80. The molecule has 0 saturated heterocycles. The van der Waals surface area contributed by atoms with E-state index >= 15 is 0 Å². The molecule has 0 amide bonds. The summed E-state index contributed by atoms with van der Waals surface area (Å²) in [6.07, 6.45) is 0.205. The van der Waals surface area contributed by atoms with Gasteiger partial charge in [0.25, 0.3) is 0 Å². The van der Waals surface area contributed by atoms with Crippen LogP contribution in [0.5, 0.6) is 0 Å². The number of aliphatic carboxylic acids is 1. The van der Waals surface area contributed by atoms with E-state index in [2.05, 4.69) is 4.74 Å². The van der Waals surface area contributed by atoms with Crippen molar-refractivity contribution in [3.05, 3.63) is 0 Å². The molecule has 0 aliphatic heterocycles. The maximum Gasteiger partial charge on any atom is 0.411 e.